The number of aromatic amines is 1. The SMILES string of the molecule is O=S1(=O)CC=Cc2cc(Nc3ncc(-c4cn[nH]n4)c(N[C@H](CO)c4ccccc4)n3)ccc21. The van der Waals surface area contributed by atoms with E-state index in [4.69, 9.17) is 0 Å². The lowest BCUT2D eigenvalue weighted by Gasteiger charge is -2.19. The molecular formula is C23H21N7O3S. The van der Waals surface area contributed by atoms with E-state index in [0.29, 0.717) is 39.2 Å². The predicted octanol–water partition coefficient (Wildman–Crippen LogP) is 2.95. The van der Waals surface area contributed by atoms with Crippen molar-refractivity contribution in [1.82, 2.24) is 25.4 Å². The quantitative estimate of drug-likeness (QED) is 0.317. The van der Waals surface area contributed by atoms with Crippen molar-refractivity contribution < 1.29 is 13.5 Å². The van der Waals surface area contributed by atoms with Gasteiger partial charge in [0, 0.05) is 11.9 Å². The first-order chi connectivity index (χ1) is 16.5. The third-order valence-corrected chi connectivity index (χ3v) is 7.06. The molecule has 10 nitrogen and oxygen atoms in total. The minimum absolute atomic E-state index is 0.00185. The molecule has 0 saturated heterocycles. The molecule has 172 valence electrons. The molecule has 0 spiro atoms. The monoisotopic (exact) mass is 475 g/mol. The summed E-state index contributed by atoms with van der Waals surface area (Å²) in [5, 5.41) is 27.0. The maximum absolute atomic E-state index is 12.2. The molecule has 0 bridgehead atoms. The summed E-state index contributed by atoms with van der Waals surface area (Å²) in [6.45, 7) is -0.152. The van der Waals surface area contributed by atoms with E-state index in [9.17, 15) is 13.5 Å². The number of hydrogen-bond donors (Lipinski definition) is 4. The van der Waals surface area contributed by atoms with Gasteiger partial charge >= 0.3 is 0 Å². The molecule has 5 rings (SSSR count). The summed E-state index contributed by atoms with van der Waals surface area (Å²) >= 11 is 0. The van der Waals surface area contributed by atoms with Gasteiger partial charge in [-0.25, -0.2) is 13.4 Å². The zero-order chi connectivity index (χ0) is 23.5. The van der Waals surface area contributed by atoms with Crippen LogP contribution in [0.4, 0.5) is 17.5 Å². The number of aliphatic hydroxyl groups is 1. The first-order valence-electron chi connectivity index (χ1n) is 10.5. The highest BCUT2D eigenvalue weighted by atomic mass is 32.2. The third kappa shape index (κ3) is 4.38. The van der Waals surface area contributed by atoms with Gasteiger partial charge in [-0.05, 0) is 29.3 Å². The largest absolute Gasteiger partial charge is 0.394 e. The summed E-state index contributed by atoms with van der Waals surface area (Å²) in [6, 6.07) is 14.1. The van der Waals surface area contributed by atoms with Crippen molar-refractivity contribution in [2.45, 2.75) is 10.9 Å². The maximum Gasteiger partial charge on any atom is 0.229 e. The van der Waals surface area contributed by atoms with Gasteiger partial charge in [-0.2, -0.15) is 20.4 Å². The summed E-state index contributed by atoms with van der Waals surface area (Å²) in [5.74, 6) is 0.749. The Morgan fingerprint density at radius 1 is 1.12 bits per heavy atom. The second-order valence-corrected chi connectivity index (χ2v) is 9.67. The lowest BCUT2D eigenvalue weighted by molar-refractivity contribution is 0.276. The molecule has 0 aliphatic carbocycles. The van der Waals surface area contributed by atoms with Crippen molar-refractivity contribution >= 4 is 33.4 Å². The topological polar surface area (TPSA) is 146 Å². The van der Waals surface area contributed by atoms with Gasteiger partial charge in [0.05, 0.1) is 35.1 Å². The average Bonchev–Trinajstić information content (AvgIpc) is 3.38. The fraction of sp³-hybridized carbons (Fsp3) is 0.130. The van der Waals surface area contributed by atoms with Crippen LogP contribution < -0.4 is 10.6 Å². The Morgan fingerprint density at radius 3 is 2.74 bits per heavy atom. The second kappa shape index (κ2) is 9.04. The highest BCUT2D eigenvalue weighted by Gasteiger charge is 2.21. The molecule has 11 heteroatoms. The molecule has 0 amide bonds. The minimum Gasteiger partial charge on any atom is -0.394 e. The summed E-state index contributed by atoms with van der Waals surface area (Å²) in [5.41, 5.74) is 3.30. The Labute approximate surface area is 195 Å². The van der Waals surface area contributed by atoms with Crippen molar-refractivity contribution in [2.24, 2.45) is 0 Å². The summed E-state index contributed by atoms with van der Waals surface area (Å²) in [7, 11) is -3.31. The van der Waals surface area contributed by atoms with Crippen LogP contribution in [0.25, 0.3) is 17.3 Å². The fourth-order valence-electron chi connectivity index (χ4n) is 3.72. The third-order valence-electron chi connectivity index (χ3n) is 5.39. The van der Waals surface area contributed by atoms with Crippen molar-refractivity contribution in [3.8, 4) is 11.3 Å². The molecule has 2 aromatic heterocycles. The highest BCUT2D eigenvalue weighted by Crippen LogP contribution is 2.30. The molecule has 0 fully saturated rings. The smallest absolute Gasteiger partial charge is 0.229 e. The molecule has 1 aliphatic rings. The summed E-state index contributed by atoms with van der Waals surface area (Å²) < 4.78 is 24.5. The number of anilines is 3. The van der Waals surface area contributed by atoms with Gasteiger partial charge in [0.1, 0.15) is 11.5 Å². The number of hydrogen-bond acceptors (Lipinski definition) is 9. The lowest BCUT2D eigenvalue weighted by Crippen LogP contribution is -2.17. The fourth-order valence-corrected chi connectivity index (χ4v) is 5.01. The Bertz CT molecular complexity index is 1440. The van der Waals surface area contributed by atoms with Gasteiger partial charge in [0.2, 0.25) is 5.95 Å². The standard InChI is InChI=1S/C23H21N7O3S/c31-14-20(15-5-2-1-3-6-15)27-22-18(19-13-25-30-29-19)12-24-23(28-22)26-17-8-9-21-16(11-17)7-4-10-34(21,32)33/h1-9,11-13,20,31H,10,14H2,(H,25,29,30)(H2,24,26,27,28)/t20-/m1/s1. The van der Waals surface area contributed by atoms with Crippen molar-refractivity contribution in [3.05, 3.63) is 78.1 Å². The van der Waals surface area contributed by atoms with Crippen LogP contribution in [0.5, 0.6) is 0 Å². The van der Waals surface area contributed by atoms with E-state index in [2.05, 4.69) is 36.0 Å². The molecule has 0 unspecified atom stereocenters. The van der Waals surface area contributed by atoms with Crippen LogP contribution in [-0.2, 0) is 9.84 Å². The maximum atomic E-state index is 12.2. The number of nitrogens with one attached hydrogen (secondary N) is 3. The Hall–Kier alpha value is -4.09. The van der Waals surface area contributed by atoms with E-state index in [1.54, 1.807) is 42.7 Å². The molecule has 1 atom stereocenters. The zero-order valence-electron chi connectivity index (χ0n) is 17.9. The van der Waals surface area contributed by atoms with Crippen molar-refractivity contribution in [3.63, 3.8) is 0 Å². The van der Waals surface area contributed by atoms with Crippen LogP contribution >= 0.6 is 0 Å². The number of benzene rings is 2. The number of aliphatic hydroxyl groups excluding tert-OH is 1. The van der Waals surface area contributed by atoms with Crippen molar-refractivity contribution in [1.29, 1.82) is 0 Å². The Kier molecular flexibility index (Phi) is 5.78. The highest BCUT2D eigenvalue weighted by molar-refractivity contribution is 7.91. The van der Waals surface area contributed by atoms with Crippen LogP contribution in [0.2, 0.25) is 0 Å². The van der Waals surface area contributed by atoms with Crippen LogP contribution in [0.15, 0.2) is 71.9 Å². The molecule has 2 aromatic carbocycles. The zero-order valence-corrected chi connectivity index (χ0v) is 18.7. The van der Waals surface area contributed by atoms with Crippen LogP contribution in [0, 0.1) is 0 Å². The van der Waals surface area contributed by atoms with E-state index in [0.717, 1.165) is 5.56 Å². The average molecular weight is 476 g/mol. The Morgan fingerprint density at radius 2 is 1.97 bits per heavy atom. The first-order valence-corrected chi connectivity index (χ1v) is 12.1. The van der Waals surface area contributed by atoms with Crippen LogP contribution in [0.1, 0.15) is 17.2 Å². The van der Waals surface area contributed by atoms with Crippen molar-refractivity contribution in [2.75, 3.05) is 23.0 Å². The van der Waals surface area contributed by atoms with Crippen LogP contribution in [-0.4, -0.2) is 51.3 Å². The molecular weight excluding hydrogens is 454 g/mol. The number of nitrogens with zero attached hydrogens (tertiary/aromatic N) is 4. The molecule has 0 radical (unpaired) electrons. The lowest BCUT2D eigenvalue weighted by atomic mass is 10.1. The van der Waals surface area contributed by atoms with E-state index in [-0.39, 0.29) is 12.4 Å². The molecule has 4 aromatic rings. The van der Waals surface area contributed by atoms with Gasteiger partial charge in [0.25, 0.3) is 0 Å². The molecule has 1 aliphatic heterocycles. The number of rotatable bonds is 7. The molecule has 3 heterocycles. The van der Waals surface area contributed by atoms with E-state index in [1.165, 1.54) is 0 Å². The number of fused-ring (bicyclic) bond motifs is 1. The molecule has 4 N–H and O–H groups in total. The van der Waals surface area contributed by atoms with Gasteiger partial charge < -0.3 is 15.7 Å². The Balaban J connectivity index is 1.48. The summed E-state index contributed by atoms with van der Waals surface area (Å²) in [6.07, 6.45) is 6.58. The summed E-state index contributed by atoms with van der Waals surface area (Å²) in [4.78, 5) is 9.31. The van der Waals surface area contributed by atoms with Crippen LogP contribution in [0.3, 0.4) is 0 Å². The van der Waals surface area contributed by atoms with E-state index < -0.39 is 15.9 Å². The molecule has 34 heavy (non-hydrogen) atoms. The van der Waals surface area contributed by atoms with E-state index in [1.807, 2.05) is 30.3 Å². The van der Waals surface area contributed by atoms with Gasteiger partial charge in [-0.3, -0.25) is 0 Å². The number of sulfone groups is 1. The van der Waals surface area contributed by atoms with E-state index >= 15 is 0 Å². The number of aromatic nitrogens is 5. The normalized spacial score (nSPS) is 14.9. The van der Waals surface area contributed by atoms with Gasteiger partial charge in [0.15, 0.2) is 9.84 Å². The second-order valence-electron chi connectivity index (χ2n) is 7.66. The predicted molar refractivity (Wildman–Crippen MR) is 128 cm³/mol. The first kappa shape index (κ1) is 21.7. The van der Waals surface area contributed by atoms with Gasteiger partial charge in [-0.1, -0.05) is 42.5 Å². The number of H-pyrrole nitrogens is 1. The minimum atomic E-state index is -3.31. The van der Waals surface area contributed by atoms with Gasteiger partial charge in [-0.15, -0.1) is 0 Å². The molecule has 0 saturated carbocycles.